The van der Waals surface area contributed by atoms with Crippen molar-refractivity contribution in [3.63, 3.8) is 0 Å². The van der Waals surface area contributed by atoms with Crippen molar-refractivity contribution in [1.82, 2.24) is 5.06 Å². The number of ketones is 1. The molecule has 0 amide bonds. The minimum atomic E-state index is -4.34. The van der Waals surface area contributed by atoms with E-state index in [9.17, 15) is 18.0 Å². The fraction of sp³-hybridized carbons (Fsp3) is 0.462. The second kappa shape index (κ2) is 4.31. The Balaban J connectivity index is 1.89. The van der Waals surface area contributed by atoms with Crippen molar-refractivity contribution >= 4 is 5.78 Å². The molecule has 2 saturated heterocycles. The molecule has 0 aromatic heterocycles. The second-order valence-electron chi connectivity index (χ2n) is 4.82. The number of piperidine rings is 1. The van der Waals surface area contributed by atoms with Crippen LogP contribution in [0.4, 0.5) is 13.2 Å². The average molecular weight is 271 g/mol. The molecule has 3 atom stereocenters. The molecule has 1 unspecified atom stereocenters. The van der Waals surface area contributed by atoms with E-state index in [4.69, 9.17) is 4.84 Å². The third-order valence-electron chi connectivity index (χ3n) is 3.68. The molecule has 0 saturated carbocycles. The van der Waals surface area contributed by atoms with Crippen LogP contribution in [-0.2, 0) is 15.8 Å². The predicted molar refractivity (Wildman–Crippen MR) is 60.0 cm³/mol. The molecule has 6 heteroatoms. The van der Waals surface area contributed by atoms with Crippen molar-refractivity contribution in [3.05, 3.63) is 35.4 Å². The largest absolute Gasteiger partial charge is 0.416 e. The predicted octanol–water partition coefficient (Wildman–Crippen LogP) is 2.58. The summed E-state index contributed by atoms with van der Waals surface area (Å²) in [5.74, 6) is -0.135. The summed E-state index contributed by atoms with van der Waals surface area (Å²) in [5, 5.41) is 1.70. The molecule has 19 heavy (non-hydrogen) atoms. The number of carbonyl (C=O) groups is 1. The molecular weight excluding hydrogens is 259 g/mol. The van der Waals surface area contributed by atoms with Crippen LogP contribution in [0.2, 0.25) is 0 Å². The van der Waals surface area contributed by atoms with Crippen LogP contribution in [0, 0.1) is 5.92 Å². The zero-order valence-electron chi connectivity index (χ0n) is 9.98. The Labute approximate surface area is 107 Å². The first-order valence-electron chi connectivity index (χ1n) is 6.06. The number of hydrogen-bond acceptors (Lipinski definition) is 3. The van der Waals surface area contributed by atoms with Crippen LogP contribution in [0.3, 0.4) is 0 Å². The molecule has 3 rings (SSSR count). The molecule has 2 bridgehead atoms. The van der Waals surface area contributed by atoms with Gasteiger partial charge < -0.3 is 0 Å². The van der Waals surface area contributed by atoms with Crippen molar-refractivity contribution in [2.24, 2.45) is 5.92 Å². The van der Waals surface area contributed by atoms with E-state index in [0.717, 1.165) is 12.1 Å². The molecule has 102 valence electrons. The van der Waals surface area contributed by atoms with E-state index in [-0.39, 0.29) is 17.7 Å². The van der Waals surface area contributed by atoms with Gasteiger partial charge >= 0.3 is 6.18 Å². The lowest BCUT2D eigenvalue weighted by molar-refractivity contribution is -0.144. The van der Waals surface area contributed by atoms with Crippen LogP contribution in [-0.4, -0.2) is 24.0 Å². The number of alkyl halides is 3. The van der Waals surface area contributed by atoms with Gasteiger partial charge in [-0.3, -0.25) is 9.63 Å². The Morgan fingerprint density at radius 3 is 2.53 bits per heavy atom. The zero-order chi connectivity index (χ0) is 13.6. The number of hydroxylamine groups is 2. The fourth-order valence-electron chi connectivity index (χ4n) is 2.69. The van der Waals surface area contributed by atoms with E-state index in [1.165, 1.54) is 12.1 Å². The van der Waals surface area contributed by atoms with Crippen molar-refractivity contribution in [2.75, 3.05) is 13.2 Å². The molecule has 2 aliphatic rings. The quantitative estimate of drug-likeness (QED) is 0.786. The number of benzene rings is 1. The average Bonchev–Trinajstić information content (AvgIpc) is 2.70. The highest BCUT2D eigenvalue weighted by molar-refractivity contribution is 5.83. The number of nitrogens with zero attached hydrogens (tertiary/aromatic N) is 1. The number of Topliss-reactive ketones (excluding diaryl/α,β-unsaturated/α-hetero) is 1. The van der Waals surface area contributed by atoms with Gasteiger partial charge in [-0.2, -0.15) is 18.2 Å². The number of rotatable bonds is 1. The normalized spacial score (nSPS) is 30.7. The summed E-state index contributed by atoms with van der Waals surface area (Å²) in [6.45, 7) is 0.825. The van der Waals surface area contributed by atoms with Crippen LogP contribution < -0.4 is 0 Å². The first kappa shape index (κ1) is 12.6. The van der Waals surface area contributed by atoms with E-state index < -0.39 is 11.7 Å². The summed E-state index contributed by atoms with van der Waals surface area (Å²) >= 11 is 0. The molecule has 0 aliphatic carbocycles. The van der Waals surface area contributed by atoms with Crippen molar-refractivity contribution in [1.29, 1.82) is 0 Å². The highest BCUT2D eigenvalue weighted by Crippen LogP contribution is 2.40. The minimum absolute atomic E-state index is 0.124. The third kappa shape index (κ3) is 2.15. The highest BCUT2D eigenvalue weighted by atomic mass is 19.4. The van der Waals surface area contributed by atoms with E-state index in [1.807, 2.05) is 0 Å². The van der Waals surface area contributed by atoms with Crippen LogP contribution in [0.25, 0.3) is 0 Å². The maximum atomic E-state index is 12.5. The summed E-state index contributed by atoms with van der Waals surface area (Å²) in [6, 6.07) is 4.72. The number of fused-ring (bicyclic) bond motifs is 2. The Morgan fingerprint density at radius 1 is 1.21 bits per heavy atom. The molecule has 2 fully saturated rings. The summed E-state index contributed by atoms with van der Waals surface area (Å²) < 4.78 is 37.5. The number of halogens is 3. The van der Waals surface area contributed by atoms with E-state index in [0.29, 0.717) is 25.1 Å². The van der Waals surface area contributed by atoms with Gasteiger partial charge in [0.1, 0.15) is 5.78 Å². The van der Waals surface area contributed by atoms with Gasteiger partial charge in [0, 0.05) is 13.0 Å². The van der Waals surface area contributed by atoms with Gasteiger partial charge in [0.15, 0.2) is 0 Å². The van der Waals surface area contributed by atoms with E-state index in [2.05, 4.69) is 0 Å². The maximum absolute atomic E-state index is 12.5. The monoisotopic (exact) mass is 271 g/mol. The molecule has 3 nitrogen and oxygen atoms in total. The number of carbonyl (C=O) groups excluding carboxylic acids is 1. The van der Waals surface area contributed by atoms with Gasteiger partial charge in [-0.05, 0) is 17.7 Å². The zero-order valence-corrected chi connectivity index (χ0v) is 9.98. The molecule has 0 N–H and O–H groups in total. The summed E-state index contributed by atoms with van der Waals surface area (Å²) in [4.78, 5) is 17.2. The van der Waals surface area contributed by atoms with E-state index >= 15 is 0 Å². The summed E-state index contributed by atoms with van der Waals surface area (Å²) in [5.41, 5.74) is 0.0187. The maximum Gasteiger partial charge on any atom is 0.416 e. The molecule has 0 spiro atoms. The molecule has 1 aromatic rings. The standard InChI is InChI=1S/C13H12F3NO2/c14-13(15,16)9-3-1-8(2-4-9)12-10-7-19-17(12)6-5-11(10)18/h1-4,10,12H,5-7H2/t10-,12-/m0/s1. The number of hydrogen-bond donors (Lipinski definition) is 0. The van der Waals surface area contributed by atoms with Gasteiger partial charge in [0.05, 0.1) is 24.1 Å². The van der Waals surface area contributed by atoms with Gasteiger partial charge in [-0.15, -0.1) is 0 Å². The molecule has 1 aromatic carbocycles. The Hall–Kier alpha value is -1.40. The molecule has 0 radical (unpaired) electrons. The molecular formula is C13H12F3NO2. The highest BCUT2D eigenvalue weighted by Gasteiger charge is 2.44. The first-order chi connectivity index (χ1) is 8.97. The first-order valence-corrected chi connectivity index (χ1v) is 6.06. The fourth-order valence-corrected chi connectivity index (χ4v) is 2.69. The molecule has 2 aliphatic heterocycles. The smallest absolute Gasteiger partial charge is 0.299 e. The van der Waals surface area contributed by atoms with Crippen LogP contribution in [0.1, 0.15) is 23.6 Å². The Morgan fingerprint density at radius 2 is 1.89 bits per heavy atom. The van der Waals surface area contributed by atoms with Crippen molar-refractivity contribution < 1.29 is 22.8 Å². The lowest BCUT2D eigenvalue weighted by Gasteiger charge is -2.29. The van der Waals surface area contributed by atoms with Gasteiger partial charge in [-0.1, -0.05) is 12.1 Å². The van der Waals surface area contributed by atoms with Gasteiger partial charge in [0.25, 0.3) is 0 Å². The summed E-state index contributed by atoms with van der Waals surface area (Å²) in [6.07, 6.45) is -3.89. The Kier molecular flexibility index (Phi) is 2.87. The van der Waals surface area contributed by atoms with Crippen molar-refractivity contribution in [3.8, 4) is 0 Å². The van der Waals surface area contributed by atoms with Gasteiger partial charge in [-0.25, -0.2) is 0 Å². The summed E-state index contributed by atoms with van der Waals surface area (Å²) in [7, 11) is 0. The van der Waals surface area contributed by atoms with E-state index in [1.54, 1.807) is 5.06 Å². The second-order valence-corrected chi connectivity index (χ2v) is 4.82. The lowest BCUT2D eigenvalue weighted by Crippen LogP contribution is -2.35. The SMILES string of the molecule is O=C1CCN2OC[C@@H]1[C@@H]2c1ccc(C(F)(F)F)cc1. The lowest BCUT2D eigenvalue weighted by atomic mass is 9.86. The third-order valence-corrected chi connectivity index (χ3v) is 3.68. The minimum Gasteiger partial charge on any atom is -0.299 e. The van der Waals surface area contributed by atoms with Crippen LogP contribution >= 0.6 is 0 Å². The topological polar surface area (TPSA) is 29.5 Å². The van der Waals surface area contributed by atoms with Crippen molar-refractivity contribution in [2.45, 2.75) is 18.6 Å². The van der Waals surface area contributed by atoms with Crippen LogP contribution in [0.15, 0.2) is 24.3 Å². The molecule has 2 heterocycles. The van der Waals surface area contributed by atoms with Crippen LogP contribution in [0.5, 0.6) is 0 Å². The van der Waals surface area contributed by atoms with Gasteiger partial charge in [0.2, 0.25) is 0 Å². The Bertz CT molecular complexity index is 498.